The quantitative estimate of drug-likeness (QED) is 0.794. The summed E-state index contributed by atoms with van der Waals surface area (Å²) in [6.45, 7) is 3.79. The van der Waals surface area contributed by atoms with Gasteiger partial charge < -0.3 is 4.74 Å². The van der Waals surface area contributed by atoms with Crippen molar-refractivity contribution in [3.63, 3.8) is 0 Å². The number of esters is 1. The highest BCUT2D eigenvalue weighted by Crippen LogP contribution is 2.27. The smallest absolute Gasteiger partial charge is 0.316 e. The molecule has 0 atom stereocenters. The maximum absolute atomic E-state index is 12.4. The van der Waals surface area contributed by atoms with E-state index >= 15 is 0 Å². The summed E-state index contributed by atoms with van der Waals surface area (Å²) >= 11 is 5.98. The highest BCUT2D eigenvalue weighted by molar-refractivity contribution is 6.30. The maximum atomic E-state index is 12.4. The minimum absolute atomic E-state index is 0.175. The van der Waals surface area contributed by atoms with Crippen molar-refractivity contribution >= 4 is 17.6 Å². The molecule has 22 heavy (non-hydrogen) atoms. The Kier molecular flexibility index (Phi) is 4.85. The molecule has 0 saturated heterocycles. The summed E-state index contributed by atoms with van der Waals surface area (Å²) in [5.41, 5.74) is 1.45. The van der Waals surface area contributed by atoms with Crippen LogP contribution in [-0.4, -0.2) is 5.97 Å². The first-order chi connectivity index (χ1) is 10.4. The SMILES string of the molecule is CC(C)(C(=O)OCc1ccc(C#N)cc1)c1cccc(Cl)c1. The van der Waals surface area contributed by atoms with E-state index < -0.39 is 5.41 Å². The topological polar surface area (TPSA) is 50.1 Å². The third kappa shape index (κ3) is 3.66. The molecule has 0 spiro atoms. The molecule has 0 aliphatic heterocycles. The van der Waals surface area contributed by atoms with Gasteiger partial charge in [0.2, 0.25) is 0 Å². The molecule has 0 radical (unpaired) electrons. The van der Waals surface area contributed by atoms with Crippen molar-refractivity contribution in [3.8, 4) is 6.07 Å². The van der Waals surface area contributed by atoms with Crippen LogP contribution in [0.1, 0.15) is 30.5 Å². The van der Waals surface area contributed by atoms with Crippen LogP contribution in [0.15, 0.2) is 48.5 Å². The Hall–Kier alpha value is -2.31. The number of nitriles is 1. The Bertz CT molecular complexity index is 715. The van der Waals surface area contributed by atoms with E-state index in [-0.39, 0.29) is 12.6 Å². The number of hydrogen-bond donors (Lipinski definition) is 0. The van der Waals surface area contributed by atoms with E-state index in [9.17, 15) is 4.79 Å². The molecule has 0 saturated carbocycles. The van der Waals surface area contributed by atoms with E-state index in [1.807, 2.05) is 18.2 Å². The van der Waals surface area contributed by atoms with Gasteiger partial charge in [-0.3, -0.25) is 4.79 Å². The first kappa shape index (κ1) is 16.1. The van der Waals surface area contributed by atoms with E-state index in [4.69, 9.17) is 21.6 Å². The average Bonchev–Trinajstić information content (AvgIpc) is 2.53. The van der Waals surface area contributed by atoms with Crippen molar-refractivity contribution < 1.29 is 9.53 Å². The number of rotatable bonds is 4. The van der Waals surface area contributed by atoms with Crippen LogP contribution in [0.4, 0.5) is 0 Å². The summed E-state index contributed by atoms with van der Waals surface area (Å²) in [4.78, 5) is 12.4. The third-order valence-electron chi connectivity index (χ3n) is 3.51. The zero-order valence-corrected chi connectivity index (χ0v) is 13.2. The highest BCUT2D eigenvalue weighted by Gasteiger charge is 2.31. The Morgan fingerprint density at radius 3 is 2.50 bits per heavy atom. The van der Waals surface area contributed by atoms with Gasteiger partial charge >= 0.3 is 5.97 Å². The van der Waals surface area contributed by atoms with Gasteiger partial charge in [0.15, 0.2) is 0 Å². The van der Waals surface area contributed by atoms with Gasteiger partial charge in [0.25, 0.3) is 0 Å². The number of benzene rings is 2. The number of nitrogens with zero attached hydrogens (tertiary/aromatic N) is 1. The largest absolute Gasteiger partial charge is 0.460 e. The molecular formula is C18H16ClNO2. The molecule has 2 rings (SSSR count). The lowest BCUT2D eigenvalue weighted by Gasteiger charge is -2.23. The molecule has 0 fully saturated rings. The number of carbonyl (C=O) groups is 1. The first-order valence-corrected chi connectivity index (χ1v) is 7.23. The second-order valence-corrected chi connectivity index (χ2v) is 5.96. The number of ether oxygens (including phenoxy) is 1. The van der Waals surface area contributed by atoms with Gasteiger partial charge in [0.1, 0.15) is 6.61 Å². The third-order valence-corrected chi connectivity index (χ3v) is 3.74. The van der Waals surface area contributed by atoms with E-state index in [0.29, 0.717) is 10.6 Å². The van der Waals surface area contributed by atoms with Gasteiger partial charge in [0, 0.05) is 5.02 Å². The Balaban J connectivity index is 2.06. The monoisotopic (exact) mass is 313 g/mol. The molecule has 3 nitrogen and oxygen atoms in total. The van der Waals surface area contributed by atoms with Gasteiger partial charge in [0.05, 0.1) is 17.0 Å². The number of hydrogen-bond acceptors (Lipinski definition) is 3. The average molecular weight is 314 g/mol. The Morgan fingerprint density at radius 1 is 1.23 bits per heavy atom. The summed E-state index contributed by atoms with van der Waals surface area (Å²) in [6, 6.07) is 16.2. The van der Waals surface area contributed by atoms with Crippen LogP contribution >= 0.6 is 11.6 Å². The molecule has 112 valence electrons. The van der Waals surface area contributed by atoms with Gasteiger partial charge in [-0.05, 0) is 49.2 Å². The minimum Gasteiger partial charge on any atom is -0.460 e. The van der Waals surface area contributed by atoms with Crippen LogP contribution < -0.4 is 0 Å². The standard InChI is InChI=1S/C18H16ClNO2/c1-18(2,15-4-3-5-16(19)10-15)17(21)22-12-14-8-6-13(11-20)7-9-14/h3-10H,12H2,1-2H3. The van der Waals surface area contributed by atoms with E-state index in [1.54, 1.807) is 50.2 Å². The second-order valence-electron chi connectivity index (χ2n) is 5.52. The Labute approximate surface area is 135 Å². The van der Waals surface area contributed by atoms with E-state index in [1.165, 1.54) is 0 Å². The zero-order valence-electron chi connectivity index (χ0n) is 12.5. The molecular weight excluding hydrogens is 298 g/mol. The lowest BCUT2D eigenvalue weighted by molar-refractivity contribution is -0.150. The normalized spacial score (nSPS) is 10.8. The van der Waals surface area contributed by atoms with Crippen LogP contribution in [0.5, 0.6) is 0 Å². The molecule has 2 aromatic rings. The lowest BCUT2D eigenvalue weighted by atomic mass is 9.85. The highest BCUT2D eigenvalue weighted by atomic mass is 35.5. The first-order valence-electron chi connectivity index (χ1n) is 6.86. The number of halogens is 1. The lowest BCUT2D eigenvalue weighted by Crippen LogP contribution is -2.31. The van der Waals surface area contributed by atoms with Crippen LogP contribution in [0.25, 0.3) is 0 Å². The van der Waals surface area contributed by atoms with Gasteiger partial charge in [-0.2, -0.15) is 5.26 Å². The van der Waals surface area contributed by atoms with Crippen molar-refractivity contribution in [2.45, 2.75) is 25.9 Å². The van der Waals surface area contributed by atoms with Gasteiger partial charge in [-0.25, -0.2) is 0 Å². The summed E-state index contributed by atoms with van der Waals surface area (Å²) in [5, 5.41) is 9.34. The fourth-order valence-corrected chi connectivity index (χ4v) is 2.19. The number of carbonyl (C=O) groups excluding carboxylic acids is 1. The molecule has 0 amide bonds. The molecule has 0 N–H and O–H groups in total. The van der Waals surface area contributed by atoms with Crippen molar-refractivity contribution in [1.82, 2.24) is 0 Å². The molecule has 4 heteroatoms. The summed E-state index contributed by atoms with van der Waals surface area (Å²) in [6.07, 6.45) is 0. The summed E-state index contributed by atoms with van der Waals surface area (Å²) in [7, 11) is 0. The van der Waals surface area contributed by atoms with Crippen molar-refractivity contribution in [2.24, 2.45) is 0 Å². The molecule has 0 aromatic heterocycles. The summed E-state index contributed by atoms with van der Waals surface area (Å²) < 4.78 is 5.40. The predicted molar refractivity (Wildman–Crippen MR) is 85.4 cm³/mol. The Morgan fingerprint density at radius 2 is 1.91 bits per heavy atom. The fourth-order valence-electron chi connectivity index (χ4n) is 2.00. The van der Waals surface area contributed by atoms with Crippen LogP contribution in [0.3, 0.4) is 0 Å². The molecule has 0 bridgehead atoms. The van der Waals surface area contributed by atoms with Gasteiger partial charge in [-0.15, -0.1) is 0 Å². The van der Waals surface area contributed by atoms with E-state index in [2.05, 4.69) is 0 Å². The molecule has 0 heterocycles. The van der Waals surface area contributed by atoms with Crippen LogP contribution in [0.2, 0.25) is 5.02 Å². The second kappa shape index (κ2) is 6.64. The molecule has 2 aromatic carbocycles. The fraction of sp³-hybridized carbons (Fsp3) is 0.222. The van der Waals surface area contributed by atoms with Crippen LogP contribution in [0, 0.1) is 11.3 Å². The van der Waals surface area contributed by atoms with E-state index in [0.717, 1.165) is 11.1 Å². The minimum atomic E-state index is -0.780. The molecule has 0 aliphatic carbocycles. The maximum Gasteiger partial charge on any atom is 0.316 e. The van der Waals surface area contributed by atoms with Crippen molar-refractivity contribution in [2.75, 3.05) is 0 Å². The molecule has 0 aliphatic rings. The van der Waals surface area contributed by atoms with Crippen LogP contribution in [-0.2, 0) is 21.6 Å². The zero-order chi connectivity index (χ0) is 16.2. The van der Waals surface area contributed by atoms with Crippen molar-refractivity contribution in [1.29, 1.82) is 5.26 Å². The molecule has 0 unspecified atom stereocenters. The predicted octanol–water partition coefficient (Wildman–Crippen LogP) is 4.23. The van der Waals surface area contributed by atoms with Gasteiger partial charge in [-0.1, -0.05) is 35.9 Å². The van der Waals surface area contributed by atoms with Crippen molar-refractivity contribution in [3.05, 3.63) is 70.2 Å². The summed E-state index contributed by atoms with van der Waals surface area (Å²) in [5.74, 6) is -0.320.